The fourth-order valence-electron chi connectivity index (χ4n) is 0. The average molecular weight is 250 g/mol. The van der Waals surface area contributed by atoms with Crippen molar-refractivity contribution in [1.82, 2.24) is 0 Å². The lowest BCUT2D eigenvalue weighted by atomic mass is 10.9. The molecule has 0 aliphatic heterocycles. The number of hydrogen-bond acceptors (Lipinski definition) is 1. The van der Waals surface area contributed by atoms with Gasteiger partial charge >= 0.3 is 0 Å². The van der Waals surface area contributed by atoms with Crippen LogP contribution >= 0.6 is 58.0 Å². The highest BCUT2D eigenvalue weighted by Crippen LogP contribution is 2.01. The summed E-state index contributed by atoms with van der Waals surface area (Å²) in [4.78, 5) is -0.406. The van der Waals surface area contributed by atoms with Gasteiger partial charge in [0.25, 0.3) is 0 Å². The van der Waals surface area contributed by atoms with Crippen LogP contribution in [0.4, 0.5) is 0 Å². The molecule has 0 spiro atoms. The molecular weight excluding hydrogens is 241 g/mol. The summed E-state index contributed by atoms with van der Waals surface area (Å²) < 4.78 is 0. The largest absolute Gasteiger partial charge is 0.400 e. The molecule has 0 aromatic carbocycles. The molecular formula is C4H9Cl5O. The zero-order valence-electron chi connectivity index (χ0n) is 5.33. The molecule has 1 nitrogen and oxygen atoms in total. The Morgan fingerprint density at radius 2 is 1.20 bits per heavy atom. The Labute approximate surface area is 86.2 Å². The second-order valence-corrected chi connectivity index (χ2v) is 3.04. The molecule has 0 saturated carbocycles. The molecule has 0 heterocycles. The Balaban J connectivity index is -0.0000000847. The van der Waals surface area contributed by atoms with Gasteiger partial charge in [0.15, 0.2) is 0 Å². The van der Waals surface area contributed by atoms with Gasteiger partial charge in [-0.3, -0.25) is 0 Å². The van der Waals surface area contributed by atoms with E-state index in [9.17, 15) is 0 Å². The quantitative estimate of drug-likeness (QED) is 0.709. The van der Waals surface area contributed by atoms with Crippen LogP contribution < -0.4 is 0 Å². The standard InChI is InChI=1S/C2H3Cl3.CH2Cl2.CH4O/c3-1-2(4)5;2-1-3;1-2/h2H,1H2;1H2;2H,1H3. The molecule has 6 heteroatoms. The van der Waals surface area contributed by atoms with Gasteiger partial charge in [-0.1, -0.05) is 0 Å². The minimum absolute atomic E-state index is 0.194. The van der Waals surface area contributed by atoms with Gasteiger partial charge in [0.2, 0.25) is 0 Å². The first-order valence-corrected chi connectivity index (χ1v) is 4.57. The zero-order chi connectivity index (χ0) is 8.99. The molecule has 0 aliphatic rings. The lowest BCUT2D eigenvalue weighted by molar-refractivity contribution is 0.399. The van der Waals surface area contributed by atoms with Crippen molar-refractivity contribution in [2.45, 2.75) is 4.84 Å². The predicted octanol–water partition coefficient (Wildman–Crippen LogP) is 3.06. The van der Waals surface area contributed by atoms with Crippen molar-refractivity contribution in [2.24, 2.45) is 0 Å². The first kappa shape index (κ1) is 17.5. The molecule has 0 bridgehead atoms. The molecule has 0 amide bonds. The van der Waals surface area contributed by atoms with Crippen LogP contribution in [-0.4, -0.2) is 28.3 Å². The molecule has 0 fully saturated rings. The van der Waals surface area contributed by atoms with E-state index in [1.165, 1.54) is 0 Å². The minimum atomic E-state index is -0.406. The van der Waals surface area contributed by atoms with Crippen LogP contribution in [-0.2, 0) is 0 Å². The Hall–Kier alpha value is 1.41. The van der Waals surface area contributed by atoms with E-state index in [1.54, 1.807) is 0 Å². The zero-order valence-corrected chi connectivity index (χ0v) is 9.11. The molecule has 0 unspecified atom stereocenters. The number of hydrogen-bond donors (Lipinski definition) is 1. The summed E-state index contributed by atoms with van der Waals surface area (Å²) in [7, 11) is 1.00. The van der Waals surface area contributed by atoms with Crippen molar-refractivity contribution in [2.75, 3.05) is 18.3 Å². The number of halogens is 5. The Bertz CT molecular complexity index is 34.8. The monoisotopic (exact) mass is 248 g/mol. The molecule has 0 saturated heterocycles. The van der Waals surface area contributed by atoms with Crippen LogP contribution in [0, 0.1) is 0 Å². The Kier molecular flexibility index (Phi) is 39.2. The van der Waals surface area contributed by atoms with Crippen LogP contribution in [0.3, 0.4) is 0 Å². The number of alkyl halides is 5. The molecule has 0 rings (SSSR count). The average Bonchev–Trinajstić information content (AvgIpc) is 1.94. The van der Waals surface area contributed by atoms with E-state index < -0.39 is 4.84 Å². The molecule has 66 valence electrons. The highest BCUT2D eigenvalue weighted by atomic mass is 35.5. The second-order valence-electron chi connectivity index (χ2n) is 0.646. The van der Waals surface area contributed by atoms with Crippen molar-refractivity contribution in [3.63, 3.8) is 0 Å². The topological polar surface area (TPSA) is 20.2 Å². The summed E-state index contributed by atoms with van der Waals surface area (Å²) in [5.41, 5.74) is 0. The van der Waals surface area contributed by atoms with Crippen molar-refractivity contribution in [1.29, 1.82) is 0 Å². The van der Waals surface area contributed by atoms with E-state index in [2.05, 4.69) is 0 Å². The highest BCUT2D eigenvalue weighted by molar-refractivity contribution is 6.47. The smallest absolute Gasteiger partial charge is 0.121 e. The van der Waals surface area contributed by atoms with Crippen molar-refractivity contribution in [3.05, 3.63) is 0 Å². The van der Waals surface area contributed by atoms with E-state index >= 15 is 0 Å². The summed E-state index contributed by atoms with van der Waals surface area (Å²) in [6.07, 6.45) is 0. The summed E-state index contributed by atoms with van der Waals surface area (Å²) in [6, 6.07) is 0. The molecule has 10 heavy (non-hydrogen) atoms. The number of rotatable bonds is 1. The maximum absolute atomic E-state index is 7.00. The molecule has 0 aromatic rings. The maximum Gasteiger partial charge on any atom is 0.121 e. The molecule has 1 N–H and O–H groups in total. The summed E-state index contributed by atoms with van der Waals surface area (Å²) in [5, 5.41) is 7.19. The Morgan fingerprint density at radius 1 is 1.10 bits per heavy atom. The first-order chi connectivity index (χ1) is 4.68. The van der Waals surface area contributed by atoms with Gasteiger partial charge in [0.1, 0.15) is 4.84 Å². The van der Waals surface area contributed by atoms with E-state index in [-0.39, 0.29) is 5.34 Å². The van der Waals surface area contributed by atoms with Crippen LogP contribution in [0.2, 0.25) is 0 Å². The van der Waals surface area contributed by atoms with Gasteiger partial charge in [-0.15, -0.1) is 58.0 Å². The van der Waals surface area contributed by atoms with Crippen LogP contribution in [0.1, 0.15) is 0 Å². The summed E-state index contributed by atoms with van der Waals surface area (Å²) >= 11 is 24.8. The SMILES string of the molecule is CO.ClCC(Cl)Cl.ClCCl. The third-order valence-electron chi connectivity index (χ3n) is 0.117. The van der Waals surface area contributed by atoms with Crippen molar-refractivity contribution < 1.29 is 5.11 Å². The van der Waals surface area contributed by atoms with Crippen molar-refractivity contribution >= 4 is 58.0 Å². The first-order valence-electron chi connectivity index (χ1n) is 2.09. The number of aliphatic hydroxyl groups is 1. The van der Waals surface area contributed by atoms with Crippen LogP contribution in [0.5, 0.6) is 0 Å². The van der Waals surface area contributed by atoms with Gasteiger partial charge in [0.05, 0.1) is 11.2 Å². The van der Waals surface area contributed by atoms with E-state index in [1.807, 2.05) is 0 Å². The third-order valence-corrected chi connectivity index (χ3v) is 1.05. The van der Waals surface area contributed by atoms with Crippen LogP contribution in [0.15, 0.2) is 0 Å². The minimum Gasteiger partial charge on any atom is -0.400 e. The van der Waals surface area contributed by atoms with Gasteiger partial charge in [-0.05, 0) is 0 Å². The lowest BCUT2D eigenvalue weighted by Crippen LogP contribution is -1.82. The molecule has 0 aliphatic carbocycles. The van der Waals surface area contributed by atoms with E-state index in [4.69, 9.17) is 63.1 Å². The number of aliphatic hydroxyl groups excluding tert-OH is 1. The summed E-state index contributed by atoms with van der Waals surface area (Å²) in [5.74, 6) is 0.309. The molecule has 0 atom stereocenters. The van der Waals surface area contributed by atoms with E-state index in [0.717, 1.165) is 7.11 Å². The predicted molar refractivity (Wildman–Crippen MR) is 50.9 cm³/mol. The van der Waals surface area contributed by atoms with E-state index in [0.29, 0.717) is 5.88 Å². The fourth-order valence-corrected chi connectivity index (χ4v) is 0. The highest BCUT2D eigenvalue weighted by Gasteiger charge is 1.88. The van der Waals surface area contributed by atoms with Gasteiger partial charge in [-0.2, -0.15) is 0 Å². The summed E-state index contributed by atoms with van der Waals surface area (Å²) in [6.45, 7) is 0. The van der Waals surface area contributed by atoms with Gasteiger partial charge < -0.3 is 5.11 Å². The fraction of sp³-hybridized carbons (Fsp3) is 1.00. The second kappa shape index (κ2) is 22.4. The van der Waals surface area contributed by atoms with Gasteiger partial charge in [0, 0.05) is 7.11 Å². The Morgan fingerprint density at radius 3 is 1.20 bits per heavy atom. The molecule has 0 radical (unpaired) electrons. The maximum atomic E-state index is 7.00. The molecule has 0 aromatic heterocycles. The third kappa shape index (κ3) is 57.2. The lowest BCUT2D eigenvalue weighted by Gasteiger charge is -1.82. The normalized spacial score (nSPS) is 7.20. The van der Waals surface area contributed by atoms with Crippen molar-refractivity contribution in [3.8, 4) is 0 Å². The van der Waals surface area contributed by atoms with Crippen LogP contribution in [0.25, 0.3) is 0 Å². The van der Waals surface area contributed by atoms with Gasteiger partial charge in [-0.25, -0.2) is 0 Å².